The molecule has 0 aliphatic heterocycles. The summed E-state index contributed by atoms with van der Waals surface area (Å²) in [6.45, 7) is 0. The van der Waals surface area contributed by atoms with Crippen molar-refractivity contribution in [3.8, 4) is 0 Å². The van der Waals surface area contributed by atoms with E-state index in [0.29, 0.717) is 22.3 Å². The Morgan fingerprint density at radius 2 is 2.33 bits per heavy atom. The third-order valence-electron chi connectivity index (χ3n) is 1.75. The highest BCUT2D eigenvalue weighted by Crippen LogP contribution is 2.27. The van der Waals surface area contributed by atoms with Crippen molar-refractivity contribution in [2.45, 2.75) is 10.6 Å². The maximum Gasteiger partial charge on any atom is 0.213 e. The van der Waals surface area contributed by atoms with Crippen LogP contribution in [0.15, 0.2) is 34.0 Å². The minimum Gasteiger partial charge on any atom is -0.398 e. The molecule has 1 heterocycles. The summed E-state index contributed by atoms with van der Waals surface area (Å²) in [4.78, 5) is 4.94. The van der Waals surface area contributed by atoms with E-state index in [-0.39, 0.29) is 0 Å². The molecule has 4 nitrogen and oxygen atoms in total. The molecule has 2 N–H and O–H groups in total. The van der Waals surface area contributed by atoms with Crippen LogP contribution in [-0.2, 0) is 5.75 Å². The molecule has 2 rings (SSSR count). The summed E-state index contributed by atoms with van der Waals surface area (Å²) in [7, 11) is 0. The van der Waals surface area contributed by atoms with Gasteiger partial charge in [0.05, 0.1) is 16.5 Å². The number of nitrogens with zero attached hydrogens (tertiary/aromatic N) is 2. The van der Waals surface area contributed by atoms with E-state index in [2.05, 4.69) is 14.7 Å². The standard InChI is InChI=1S/C9H8ClN3OS/c10-7-3-6(1-2-8(7)11)15-4-9-12-5-14-13-9/h1-3,5H,4,11H2. The number of benzene rings is 1. The predicted octanol–water partition coefficient (Wildman–Crippen LogP) is 2.60. The molecule has 1 aromatic heterocycles. The Morgan fingerprint density at radius 3 is 3.00 bits per heavy atom. The molecular formula is C9H8ClN3OS. The van der Waals surface area contributed by atoms with Crippen LogP contribution in [0.4, 0.5) is 5.69 Å². The van der Waals surface area contributed by atoms with Crippen LogP contribution in [0.3, 0.4) is 0 Å². The summed E-state index contributed by atoms with van der Waals surface area (Å²) in [5.41, 5.74) is 6.18. The molecule has 15 heavy (non-hydrogen) atoms. The Hall–Kier alpha value is -1.20. The fraction of sp³-hybridized carbons (Fsp3) is 0.111. The number of halogens is 1. The van der Waals surface area contributed by atoms with Crippen molar-refractivity contribution in [3.63, 3.8) is 0 Å². The Bertz CT molecular complexity index is 447. The van der Waals surface area contributed by atoms with Crippen LogP contribution < -0.4 is 5.73 Å². The Balaban J connectivity index is 2.02. The number of hydrogen-bond acceptors (Lipinski definition) is 5. The first-order chi connectivity index (χ1) is 7.25. The summed E-state index contributed by atoms with van der Waals surface area (Å²) in [6, 6.07) is 5.51. The van der Waals surface area contributed by atoms with Gasteiger partial charge >= 0.3 is 0 Å². The molecule has 0 amide bonds. The quantitative estimate of drug-likeness (QED) is 0.661. The number of anilines is 1. The van der Waals surface area contributed by atoms with Gasteiger partial charge in [-0.3, -0.25) is 0 Å². The second-order valence-electron chi connectivity index (χ2n) is 2.82. The van der Waals surface area contributed by atoms with Gasteiger partial charge in [0.25, 0.3) is 0 Å². The van der Waals surface area contributed by atoms with E-state index < -0.39 is 0 Å². The van der Waals surface area contributed by atoms with Crippen molar-refractivity contribution in [2.24, 2.45) is 0 Å². The number of nitrogens with two attached hydrogens (primary N) is 1. The normalized spacial score (nSPS) is 10.5. The molecule has 0 unspecified atom stereocenters. The molecule has 1 aromatic carbocycles. The fourth-order valence-corrected chi connectivity index (χ4v) is 2.04. The number of rotatable bonds is 3. The zero-order valence-corrected chi connectivity index (χ0v) is 9.26. The molecule has 0 bridgehead atoms. The Kier molecular flexibility index (Phi) is 3.13. The molecule has 0 saturated carbocycles. The van der Waals surface area contributed by atoms with Crippen LogP contribution in [0.1, 0.15) is 5.82 Å². The molecule has 0 saturated heterocycles. The number of nitrogen functional groups attached to an aromatic ring is 1. The van der Waals surface area contributed by atoms with Crippen molar-refractivity contribution in [1.82, 2.24) is 10.1 Å². The third kappa shape index (κ3) is 2.64. The highest BCUT2D eigenvalue weighted by molar-refractivity contribution is 7.98. The van der Waals surface area contributed by atoms with Gasteiger partial charge in [0, 0.05) is 4.90 Å². The average molecular weight is 242 g/mol. The largest absolute Gasteiger partial charge is 0.398 e. The van der Waals surface area contributed by atoms with Crippen molar-refractivity contribution < 1.29 is 4.52 Å². The Labute approximate surface area is 95.8 Å². The predicted molar refractivity (Wildman–Crippen MR) is 59.7 cm³/mol. The SMILES string of the molecule is Nc1ccc(SCc2ncon2)cc1Cl. The zero-order chi connectivity index (χ0) is 10.7. The smallest absolute Gasteiger partial charge is 0.213 e. The number of hydrogen-bond donors (Lipinski definition) is 1. The summed E-state index contributed by atoms with van der Waals surface area (Å²) in [5, 5.41) is 4.27. The van der Waals surface area contributed by atoms with Crippen LogP contribution >= 0.6 is 23.4 Å². The lowest BCUT2D eigenvalue weighted by Crippen LogP contribution is -1.87. The van der Waals surface area contributed by atoms with Gasteiger partial charge in [0.2, 0.25) is 6.39 Å². The lowest BCUT2D eigenvalue weighted by molar-refractivity contribution is 0.412. The zero-order valence-electron chi connectivity index (χ0n) is 7.68. The van der Waals surface area contributed by atoms with E-state index in [1.54, 1.807) is 17.8 Å². The lowest BCUT2D eigenvalue weighted by Gasteiger charge is -2.01. The van der Waals surface area contributed by atoms with Crippen molar-refractivity contribution in [2.75, 3.05) is 5.73 Å². The first-order valence-corrected chi connectivity index (χ1v) is 5.55. The summed E-state index contributed by atoms with van der Waals surface area (Å²) >= 11 is 7.46. The first-order valence-electron chi connectivity index (χ1n) is 4.19. The van der Waals surface area contributed by atoms with E-state index in [1.165, 1.54) is 6.39 Å². The second kappa shape index (κ2) is 4.55. The Morgan fingerprint density at radius 1 is 1.47 bits per heavy atom. The molecule has 0 spiro atoms. The monoisotopic (exact) mass is 241 g/mol. The van der Waals surface area contributed by atoms with Gasteiger partial charge in [-0.25, -0.2) is 0 Å². The molecule has 0 aliphatic carbocycles. The minimum absolute atomic E-state index is 0.563. The molecule has 78 valence electrons. The van der Waals surface area contributed by atoms with Crippen LogP contribution in [0.25, 0.3) is 0 Å². The molecule has 0 atom stereocenters. The van der Waals surface area contributed by atoms with Gasteiger partial charge in [0.1, 0.15) is 0 Å². The van der Waals surface area contributed by atoms with Gasteiger partial charge in [0.15, 0.2) is 5.82 Å². The van der Waals surface area contributed by atoms with E-state index in [4.69, 9.17) is 17.3 Å². The highest BCUT2D eigenvalue weighted by atomic mass is 35.5. The van der Waals surface area contributed by atoms with Crippen molar-refractivity contribution in [1.29, 1.82) is 0 Å². The van der Waals surface area contributed by atoms with Gasteiger partial charge < -0.3 is 10.3 Å². The lowest BCUT2D eigenvalue weighted by atomic mass is 10.3. The molecule has 0 fully saturated rings. The average Bonchev–Trinajstić information content (AvgIpc) is 2.73. The van der Waals surface area contributed by atoms with Crippen LogP contribution in [0.2, 0.25) is 5.02 Å². The van der Waals surface area contributed by atoms with Gasteiger partial charge in [-0.2, -0.15) is 4.98 Å². The summed E-state index contributed by atoms with van der Waals surface area (Å²) < 4.78 is 4.63. The topological polar surface area (TPSA) is 64.9 Å². The minimum atomic E-state index is 0.563. The van der Waals surface area contributed by atoms with E-state index in [1.807, 2.05) is 12.1 Å². The van der Waals surface area contributed by atoms with Crippen LogP contribution in [0.5, 0.6) is 0 Å². The fourth-order valence-electron chi connectivity index (χ4n) is 1.00. The maximum absolute atomic E-state index is 5.89. The third-order valence-corrected chi connectivity index (χ3v) is 3.06. The maximum atomic E-state index is 5.89. The molecular weight excluding hydrogens is 234 g/mol. The molecule has 2 aromatic rings. The van der Waals surface area contributed by atoms with Crippen molar-refractivity contribution >= 4 is 29.1 Å². The van der Waals surface area contributed by atoms with Gasteiger partial charge in [-0.1, -0.05) is 16.8 Å². The van der Waals surface area contributed by atoms with Crippen molar-refractivity contribution in [3.05, 3.63) is 35.4 Å². The van der Waals surface area contributed by atoms with Crippen LogP contribution in [0, 0.1) is 0 Å². The summed E-state index contributed by atoms with van der Waals surface area (Å²) in [6.07, 6.45) is 1.31. The molecule has 0 aliphatic rings. The molecule has 6 heteroatoms. The number of thioether (sulfide) groups is 1. The van der Waals surface area contributed by atoms with E-state index >= 15 is 0 Å². The molecule has 0 radical (unpaired) electrons. The summed E-state index contributed by atoms with van der Waals surface area (Å²) in [5.74, 6) is 1.31. The van der Waals surface area contributed by atoms with E-state index in [9.17, 15) is 0 Å². The van der Waals surface area contributed by atoms with Gasteiger partial charge in [-0.15, -0.1) is 11.8 Å². The van der Waals surface area contributed by atoms with Gasteiger partial charge in [-0.05, 0) is 18.2 Å². The number of aromatic nitrogens is 2. The second-order valence-corrected chi connectivity index (χ2v) is 4.28. The van der Waals surface area contributed by atoms with Crippen LogP contribution in [-0.4, -0.2) is 10.1 Å². The highest BCUT2D eigenvalue weighted by Gasteiger charge is 2.02. The van der Waals surface area contributed by atoms with E-state index in [0.717, 1.165) is 4.90 Å². The first kappa shape index (κ1) is 10.3.